The lowest BCUT2D eigenvalue weighted by molar-refractivity contribution is -0.119. The summed E-state index contributed by atoms with van der Waals surface area (Å²) in [5, 5.41) is 11.9. The van der Waals surface area contributed by atoms with Gasteiger partial charge in [0.05, 0.1) is 5.75 Å². The van der Waals surface area contributed by atoms with Crippen LogP contribution in [0.1, 0.15) is 23.0 Å². The van der Waals surface area contributed by atoms with Crippen molar-refractivity contribution >= 4 is 17.7 Å². The van der Waals surface area contributed by atoms with Gasteiger partial charge in [-0.3, -0.25) is 4.79 Å². The number of rotatable bonds is 7. The van der Waals surface area contributed by atoms with E-state index >= 15 is 0 Å². The van der Waals surface area contributed by atoms with Gasteiger partial charge in [-0.05, 0) is 12.5 Å². The van der Waals surface area contributed by atoms with Crippen LogP contribution in [0.4, 0.5) is 0 Å². The Kier molecular flexibility index (Phi) is 6.03. The van der Waals surface area contributed by atoms with Crippen molar-refractivity contribution < 1.29 is 4.79 Å². The number of benzene rings is 2. The number of nitrogens with one attached hydrogen (secondary N) is 1. The highest BCUT2D eigenvalue weighted by atomic mass is 32.2. The van der Waals surface area contributed by atoms with Crippen LogP contribution in [-0.4, -0.2) is 36.1 Å². The van der Waals surface area contributed by atoms with Crippen molar-refractivity contribution in [2.24, 2.45) is 7.05 Å². The van der Waals surface area contributed by atoms with Gasteiger partial charge in [-0.2, -0.15) is 0 Å². The van der Waals surface area contributed by atoms with Gasteiger partial charge in [0.15, 0.2) is 5.82 Å². The summed E-state index contributed by atoms with van der Waals surface area (Å²) in [6.07, 6.45) is 3.57. The number of imidazole rings is 1. The molecule has 0 aliphatic heterocycles. The molecule has 0 fully saturated rings. The fraction of sp³-hybridized carbons (Fsp3) is 0.182. The monoisotopic (exact) mass is 433 g/mol. The van der Waals surface area contributed by atoms with E-state index in [1.54, 1.807) is 6.20 Å². The highest BCUT2D eigenvalue weighted by Gasteiger charge is 2.21. The minimum atomic E-state index is -0.354. The van der Waals surface area contributed by atoms with Gasteiger partial charge in [0.1, 0.15) is 11.9 Å². The van der Waals surface area contributed by atoms with E-state index in [0.29, 0.717) is 11.0 Å². The average molecular weight is 434 g/mol. The molecule has 158 valence electrons. The van der Waals surface area contributed by atoms with Crippen LogP contribution in [0.5, 0.6) is 0 Å². The molecule has 4 rings (SSSR count). The van der Waals surface area contributed by atoms with E-state index in [2.05, 4.69) is 20.5 Å². The second-order valence-electron chi connectivity index (χ2n) is 7.14. The van der Waals surface area contributed by atoms with Gasteiger partial charge < -0.3 is 15.7 Å². The lowest BCUT2D eigenvalue weighted by Crippen LogP contribution is -2.32. The van der Waals surface area contributed by atoms with E-state index in [-0.39, 0.29) is 17.7 Å². The topological polar surface area (TPSA) is 104 Å². The summed E-state index contributed by atoms with van der Waals surface area (Å²) in [4.78, 5) is 17.2. The summed E-state index contributed by atoms with van der Waals surface area (Å²) in [6.45, 7) is 2.02. The van der Waals surface area contributed by atoms with Crippen LogP contribution >= 0.6 is 11.8 Å². The number of carbonyl (C=O) groups is 1. The second-order valence-corrected chi connectivity index (χ2v) is 8.08. The number of nitrogen functional groups attached to an aromatic ring is 1. The number of aryl methyl sites for hydroxylation is 2. The Bertz CT molecular complexity index is 1170. The van der Waals surface area contributed by atoms with Crippen molar-refractivity contribution in [1.29, 1.82) is 0 Å². The first-order valence-corrected chi connectivity index (χ1v) is 10.7. The van der Waals surface area contributed by atoms with Crippen LogP contribution in [0.2, 0.25) is 0 Å². The van der Waals surface area contributed by atoms with Crippen LogP contribution in [0.15, 0.2) is 72.1 Å². The van der Waals surface area contributed by atoms with Crippen LogP contribution in [0, 0.1) is 6.92 Å². The number of nitrogens with zero attached hydrogens (tertiary/aromatic N) is 5. The zero-order chi connectivity index (χ0) is 21.8. The van der Waals surface area contributed by atoms with E-state index in [9.17, 15) is 4.79 Å². The molecule has 2 aromatic carbocycles. The molecule has 8 nitrogen and oxygen atoms in total. The molecule has 0 aliphatic rings. The summed E-state index contributed by atoms with van der Waals surface area (Å²) in [5.41, 5.74) is 2.98. The van der Waals surface area contributed by atoms with Crippen molar-refractivity contribution in [3.8, 4) is 11.4 Å². The molecule has 0 radical (unpaired) electrons. The van der Waals surface area contributed by atoms with Gasteiger partial charge in [0.25, 0.3) is 0 Å². The molecule has 9 heteroatoms. The third-order valence-electron chi connectivity index (χ3n) is 4.86. The molecule has 0 saturated heterocycles. The van der Waals surface area contributed by atoms with Crippen molar-refractivity contribution in [1.82, 2.24) is 29.7 Å². The maximum atomic E-state index is 12.8. The van der Waals surface area contributed by atoms with Crippen LogP contribution in [0.3, 0.4) is 0 Å². The first-order valence-electron chi connectivity index (χ1n) is 9.75. The second kappa shape index (κ2) is 9.05. The van der Waals surface area contributed by atoms with Gasteiger partial charge in [-0.25, -0.2) is 9.66 Å². The predicted molar refractivity (Wildman–Crippen MR) is 121 cm³/mol. The zero-order valence-corrected chi connectivity index (χ0v) is 18.1. The van der Waals surface area contributed by atoms with Gasteiger partial charge in [0, 0.05) is 25.0 Å². The van der Waals surface area contributed by atoms with Gasteiger partial charge in [-0.1, -0.05) is 71.9 Å². The van der Waals surface area contributed by atoms with Crippen LogP contribution in [-0.2, 0) is 11.8 Å². The van der Waals surface area contributed by atoms with E-state index < -0.39 is 0 Å². The Labute approximate surface area is 184 Å². The van der Waals surface area contributed by atoms with Gasteiger partial charge in [-0.15, -0.1) is 10.2 Å². The molecule has 4 aromatic rings. The highest BCUT2D eigenvalue weighted by molar-refractivity contribution is 7.99. The predicted octanol–water partition coefficient (Wildman–Crippen LogP) is 2.70. The molecule has 1 amide bonds. The van der Waals surface area contributed by atoms with Crippen molar-refractivity contribution in [2.75, 3.05) is 11.6 Å². The number of aromatic nitrogens is 5. The minimum absolute atomic E-state index is 0.150. The summed E-state index contributed by atoms with van der Waals surface area (Å²) in [5.74, 6) is 7.48. The maximum absolute atomic E-state index is 12.8. The normalized spacial score (nSPS) is 11.9. The lowest BCUT2D eigenvalue weighted by atomic mass is 10.1. The summed E-state index contributed by atoms with van der Waals surface area (Å²) in [7, 11) is 1.91. The summed E-state index contributed by atoms with van der Waals surface area (Å²) >= 11 is 1.24. The first kappa shape index (κ1) is 20.7. The molecule has 1 unspecified atom stereocenters. The Balaban J connectivity index is 1.46. The van der Waals surface area contributed by atoms with E-state index in [4.69, 9.17) is 5.84 Å². The Morgan fingerprint density at radius 1 is 1.13 bits per heavy atom. The summed E-state index contributed by atoms with van der Waals surface area (Å²) in [6, 6.07) is 17.3. The maximum Gasteiger partial charge on any atom is 0.231 e. The number of carbonyl (C=O) groups excluding carboxylic acids is 1. The smallest absolute Gasteiger partial charge is 0.231 e. The summed E-state index contributed by atoms with van der Waals surface area (Å²) < 4.78 is 3.31. The number of hydrogen-bond acceptors (Lipinski definition) is 6. The van der Waals surface area contributed by atoms with Crippen LogP contribution < -0.4 is 11.2 Å². The van der Waals surface area contributed by atoms with E-state index in [1.165, 1.54) is 16.4 Å². The molecule has 3 N–H and O–H groups in total. The Morgan fingerprint density at radius 3 is 2.55 bits per heavy atom. The molecule has 0 bridgehead atoms. The molecular formula is C22H23N7OS. The van der Waals surface area contributed by atoms with E-state index in [1.807, 2.05) is 79.3 Å². The molecule has 2 heterocycles. The third kappa shape index (κ3) is 4.61. The Hall–Kier alpha value is -3.59. The molecular weight excluding hydrogens is 410 g/mol. The first-order chi connectivity index (χ1) is 15.0. The number of thioether (sulfide) groups is 1. The molecule has 0 saturated carbocycles. The highest BCUT2D eigenvalue weighted by Crippen LogP contribution is 2.23. The lowest BCUT2D eigenvalue weighted by Gasteiger charge is -2.19. The number of amides is 1. The molecule has 31 heavy (non-hydrogen) atoms. The molecule has 0 spiro atoms. The molecule has 2 aromatic heterocycles. The standard InChI is InChI=1S/C22H23N7OS/c1-15-8-10-17(11-9-15)20-26-27-22(29(20)23)31-14-18(30)25-19(16-6-4-3-5-7-16)21-24-12-13-28(21)2/h3-13,19H,14,23H2,1-2H3,(H,25,30). The SMILES string of the molecule is Cc1ccc(-c2nnc(SCC(=O)NC(c3ccccc3)c3nccn3C)n2N)cc1. The van der Waals surface area contributed by atoms with Crippen molar-refractivity contribution in [2.45, 2.75) is 18.1 Å². The van der Waals surface area contributed by atoms with Gasteiger partial charge >= 0.3 is 0 Å². The fourth-order valence-electron chi connectivity index (χ4n) is 3.21. The Morgan fingerprint density at radius 2 is 1.87 bits per heavy atom. The van der Waals surface area contributed by atoms with E-state index in [0.717, 1.165) is 22.5 Å². The molecule has 0 aliphatic carbocycles. The zero-order valence-electron chi connectivity index (χ0n) is 17.3. The third-order valence-corrected chi connectivity index (χ3v) is 5.80. The quantitative estimate of drug-likeness (QED) is 0.343. The number of hydrogen-bond donors (Lipinski definition) is 2. The van der Waals surface area contributed by atoms with Crippen molar-refractivity contribution in [3.05, 3.63) is 83.9 Å². The minimum Gasteiger partial charge on any atom is -0.341 e. The fourth-order valence-corrected chi connectivity index (χ4v) is 3.87. The van der Waals surface area contributed by atoms with Gasteiger partial charge in [0.2, 0.25) is 11.1 Å². The largest absolute Gasteiger partial charge is 0.341 e. The van der Waals surface area contributed by atoms with Crippen LogP contribution in [0.25, 0.3) is 11.4 Å². The average Bonchev–Trinajstić information content (AvgIpc) is 3.37. The van der Waals surface area contributed by atoms with Crippen molar-refractivity contribution in [3.63, 3.8) is 0 Å². The molecule has 1 atom stereocenters. The number of nitrogens with two attached hydrogens (primary N) is 1.